The van der Waals surface area contributed by atoms with Crippen molar-refractivity contribution in [2.75, 3.05) is 11.9 Å². The van der Waals surface area contributed by atoms with Crippen LogP contribution in [0.3, 0.4) is 0 Å². The fourth-order valence-corrected chi connectivity index (χ4v) is 1.93. The average Bonchev–Trinajstić information content (AvgIpc) is 2.39. The van der Waals surface area contributed by atoms with Gasteiger partial charge in [-0.05, 0) is 45.0 Å². The molecule has 100 valence electrons. The third-order valence-corrected chi connectivity index (χ3v) is 2.67. The molecule has 0 saturated heterocycles. The summed E-state index contributed by atoms with van der Waals surface area (Å²) in [4.78, 5) is 4.44. The summed E-state index contributed by atoms with van der Waals surface area (Å²) in [6, 6.07) is 12.0. The molecule has 0 fully saturated rings. The van der Waals surface area contributed by atoms with Crippen molar-refractivity contribution in [1.29, 1.82) is 0 Å². The molecule has 0 saturated carbocycles. The minimum absolute atomic E-state index is 0.151. The molecular weight excluding hydrogens is 236 g/mol. The predicted octanol–water partition coefficient (Wildman–Crippen LogP) is 3.97. The van der Waals surface area contributed by atoms with E-state index >= 15 is 0 Å². The number of nitrogens with one attached hydrogen (secondary N) is 1. The van der Waals surface area contributed by atoms with Gasteiger partial charge in [-0.3, -0.25) is 4.98 Å². The largest absolute Gasteiger partial charge is 0.490 e. The Hall–Kier alpha value is -2.03. The number of hydrogen-bond donors (Lipinski definition) is 1. The van der Waals surface area contributed by atoms with Crippen LogP contribution in [0.5, 0.6) is 5.75 Å². The van der Waals surface area contributed by atoms with E-state index in [1.807, 2.05) is 56.4 Å². The Balaban J connectivity index is 2.37. The number of pyridine rings is 1. The van der Waals surface area contributed by atoms with Gasteiger partial charge in [0.2, 0.25) is 0 Å². The predicted molar refractivity (Wildman–Crippen MR) is 79.6 cm³/mol. The van der Waals surface area contributed by atoms with Gasteiger partial charge in [0.1, 0.15) is 5.75 Å². The lowest BCUT2D eigenvalue weighted by Crippen LogP contribution is -2.06. The maximum Gasteiger partial charge on any atom is 0.129 e. The van der Waals surface area contributed by atoms with Crippen molar-refractivity contribution in [1.82, 2.24) is 4.98 Å². The highest BCUT2D eigenvalue weighted by Gasteiger charge is 2.08. The number of para-hydroxylation sites is 1. The van der Waals surface area contributed by atoms with Crippen molar-refractivity contribution in [3.05, 3.63) is 42.6 Å². The monoisotopic (exact) mass is 256 g/mol. The number of ether oxygens (including phenoxy) is 1. The lowest BCUT2D eigenvalue weighted by Gasteiger charge is -2.14. The van der Waals surface area contributed by atoms with Gasteiger partial charge in [0.05, 0.1) is 11.8 Å². The van der Waals surface area contributed by atoms with Gasteiger partial charge in [0, 0.05) is 24.0 Å². The van der Waals surface area contributed by atoms with E-state index in [2.05, 4.69) is 17.2 Å². The van der Waals surface area contributed by atoms with E-state index in [0.717, 1.165) is 29.2 Å². The van der Waals surface area contributed by atoms with Gasteiger partial charge < -0.3 is 10.1 Å². The van der Waals surface area contributed by atoms with Crippen molar-refractivity contribution in [2.45, 2.75) is 26.9 Å². The molecule has 1 aromatic carbocycles. The molecule has 1 heterocycles. The molecule has 0 amide bonds. The lowest BCUT2D eigenvalue weighted by molar-refractivity contribution is 0.243. The quantitative estimate of drug-likeness (QED) is 0.879. The first-order chi connectivity index (χ1) is 9.20. The lowest BCUT2D eigenvalue weighted by atomic mass is 10.1. The van der Waals surface area contributed by atoms with E-state index in [1.54, 1.807) is 0 Å². The molecule has 1 aromatic heterocycles. The van der Waals surface area contributed by atoms with Crippen LogP contribution in [0.15, 0.2) is 42.6 Å². The molecule has 1 N–H and O–H groups in total. The van der Waals surface area contributed by atoms with E-state index in [0.29, 0.717) is 0 Å². The fraction of sp³-hybridized carbons (Fsp3) is 0.312. The Bertz CT molecular complexity index is 538. The molecule has 2 rings (SSSR count). The van der Waals surface area contributed by atoms with Gasteiger partial charge in [0.15, 0.2) is 0 Å². The summed E-state index contributed by atoms with van der Waals surface area (Å²) in [5.41, 5.74) is 3.03. The van der Waals surface area contributed by atoms with Crippen molar-refractivity contribution >= 4 is 5.69 Å². The number of aromatic nitrogens is 1. The Morgan fingerprint density at radius 2 is 2.00 bits per heavy atom. The van der Waals surface area contributed by atoms with Gasteiger partial charge in [-0.1, -0.05) is 12.1 Å². The Labute approximate surface area is 114 Å². The minimum Gasteiger partial charge on any atom is -0.490 e. The summed E-state index contributed by atoms with van der Waals surface area (Å²) in [6.45, 7) is 7.03. The van der Waals surface area contributed by atoms with E-state index in [9.17, 15) is 0 Å². The zero-order chi connectivity index (χ0) is 13.7. The second kappa shape index (κ2) is 6.23. The SMILES string of the molecule is CCNc1ccnc(-c2ccccc2OC(C)C)c1. The molecule has 3 nitrogen and oxygen atoms in total. The second-order valence-electron chi connectivity index (χ2n) is 4.62. The Kier molecular flexibility index (Phi) is 4.39. The van der Waals surface area contributed by atoms with Crippen molar-refractivity contribution < 1.29 is 4.74 Å². The summed E-state index contributed by atoms with van der Waals surface area (Å²) < 4.78 is 5.84. The summed E-state index contributed by atoms with van der Waals surface area (Å²) >= 11 is 0. The molecule has 0 radical (unpaired) electrons. The normalized spacial score (nSPS) is 10.5. The molecule has 0 unspecified atom stereocenters. The van der Waals surface area contributed by atoms with E-state index in [1.165, 1.54) is 0 Å². The van der Waals surface area contributed by atoms with Crippen LogP contribution in [0.2, 0.25) is 0 Å². The van der Waals surface area contributed by atoms with E-state index in [-0.39, 0.29) is 6.10 Å². The topological polar surface area (TPSA) is 34.2 Å². The smallest absolute Gasteiger partial charge is 0.129 e. The van der Waals surface area contributed by atoms with Gasteiger partial charge >= 0.3 is 0 Å². The molecule has 3 heteroatoms. The molecule has 0 spiro atoms. The number of hydrogen-bond acceptors (Lipinski definition) is 3. The zero-order valence-electron chi connectivity index (χ0n) is 11.7. The minimum atomic E-state index is 0.151. The van der Waals surface area contributed by atoms with Gasteiger partial charge in [-0.25, -0.2) is 0 Å². The first kappa shape index (κ1) is 13.4. The van der Waals surface area contributed by atoms with Crippen LogP contribution in [0.4, 0.5) is 5.69 Å². The van der Waals surface area contributed by atoms with Crippen molar-refractivity contribution in [2.24, 2.45) is 0 Å². The Morgan fingerprint density at radius 1 is 1.21 bits per heavy atom. The molecule has 2 aromatic rings. The van der Waals surface area contributed by atoms with Crippen LogP contribution in [0.25, 0.3) is 11.3 Å². The summed E-state index contributed by atoms with van der Waals surface area (Å²) in [7, 11) is 0. The van der Waals surface area contributed by atoms with Crippen LogP contribution in [-0.2, 0) is 0 Å². The number of nitrogens with zero attached hydrogens (tertiary/aromatic N) is 1. The average molecular weight is 256 g/mol. The van der Waals surface area contributed by atoms with Crippen LogP contribution >= 0.6 is 0 Å². The highest BCUT2D eigenvalue weighted by Crippen LogP contribution is 2.30. The molecule has 19 heavy (non-hydrogen) atoms. The maximum atomic E-state index is 5.84. The van der Waals surface area contributed by atoms with Crippen molar-refractivity contribution in [3.63, 3.8) is 0 Å². The van der Waals surface area contributed by atoms with Crippen LogP contribution in [0, 0.1) is 0 Å². The molecule has 0 aliphatic heterocycles. The first-order valence-electron chi connectivity index (χ1n) is 6.66. The standard InChI is InChI=1S/C16H20N2O/c1-4-17-13-9-10-18-15(11-13)14-7-5-6-8-16(14)19-12(2)3/h5-12H,4H2,1-3H3,(H,17,18). The highest BCUT2D eigenvalue weighted by molar-refractivity contribution is 5.70. The van der Waals surface area contributed by atoms with E-state index < -0.39 is 0 Å². The molecule has 0 aliphatic carbocycles. The second-order valence-corrected chi connectivity index (χ2v) is 4.62. The number of rotatable bonds is 5. The van der Waals surface area contributed by atoms with Crippen LogP contribution in [0.1, 0.15) is 20.8 Å². The molecule has 0 aliphatic rings. The van der Waals surface area contributed by atoms with Crippen molar-refractivity contribution in [3.8, 4) is 17.0 Å². The molecular formula is C16H20N2O. The Morgan fingerprint density at radius 3 is 2.74 bits per heavy atom. The van der Waals surface area contributed by atoms with Gasteiger partial charge in [0.25, 0.3) is 0 Å². The van der Waals surface area contributed by atoms with Crippen LogP contribution < -0.4 is 10.1 Å². The van der Waals surface area contributed by atoms with Gasteiger partial charge in [-0.2, -0.15) is 0 Å². The van der Waals surface area contributed by atoms with E-state index in [4.69, 9.17) is 4.74 Å². The van der Waals surface area contributed by atoms with Crippen LogP contribution in [-0.4, -0.2) is 17.6 Å². The molecule has 0 atom stereocenters. The third-order valence-electron chi connectivity index (χ3n) is 2.67. The number of benzene rings is 1. The maximum absolute atomic E-state index is 5.84. The summed E-state index contributed by atoms with van der Waals surface area (Å²) in [5.74, 6) is 0.874. The highest BCUT2D eigenvalue weighted by atomic mass is 16.5. The molecule has 0 bridgehead atoms. The first-order valence-corrected chi connectivity index (χ1v) is 6.66. The zero-order valence-corrected chi connectivity index (χ0v) is 11.7. The fourth-order valence-electron chi connectivity index (χ4n) is 1.93. The van der Waals surface area contributed by atoms with Gasteiger partial charge in [-0.15, -0.1) is 0 Å². The third kappa shape index (κ3) is 3.47. The summed E-state index contributed by atoms with van der Waals surface area (Å²) in [5, 5.41) is 3.30. The number of anilines is 1. The summed E-state index contributed by atoms with van der Waals surface area (Å²) in [6.07, 6.45) is 1.97.